The zero-order valence-electron chi connectivity index (χ0n) is 10.1. The average molecular weight is 250 g/mol. The summed E-state index contributed by atoms with van der Waals surface area (Å²) < 4.78 is 13.6. The number of aliphatic carboxylic acids is 1. The summed E-state index contributed by atoms with van der Waals surface area (Å²) in [5.41, 5.74) is 0.284. The molecule has 0 amide bonds. The molecule has 18 heavy (non-hydrogen) atoms. The lowest BCUT2D eigenvalue weighted by Gasteiger charge is -2.25. The van der Waals surface area contributed by atoms with Crippen LogP contribution in [-0.4, -0.2) is 29.1 Å². The predicted molar refractivity (Wildman–Crippen MR) is 64.3 cm³/mol. The van der Waals surface area contributed by atoms with Gasteiger partial charge in [-0.05, 0) is 12.6 Å². The summed E-state index contributed by atoms with van der Waals surface area (Å²) >= 11 is 0. The molecule has 0 aromatic heterocycles. The van der Waals surface area contributed by atoms with Crippen LogP contribution in [0.15, 0.2) is 24.3 Å². The Morgan fingerprint density at radius 1 is 1.56 bits per heavy atom. The second kappa shape index (κ2) is 6.72. The van der Waals surface area contributed by atoms with Gasteiger partial charge in [-0.1, -0.05) is 25.1 Å². The van der Waals surface area contributed by atoms with E-state index in [1.54, 1.807) is 23.1 Å². The Bertz CT molecular complexity index is 457. The lowest BCUT2D eigenvalue weighted by Crippen LogP contribution is -2.30. The Morgan fingerprint density at radius 2 is 2.22 bits per heavy atom. The Hall–Kier alpha value is -1.93. The van der Waals surface area contributed by atoms with Crippen molar-refractivity contribution in [2.24, 2.45) is 0 Å². The van der Waals surface area contributed by atoms with E-state index in [1.807, 2.05) is 13.0 Å². The quantitative estimate of drug-likeness (QED) is 0.840. The molecule has 1 rings (SSSR count). The maximum atomic E-state index is 13.6. The first-order valence-electron chi connectivity index (χ1n) is 5.70. The Labute approximate surface area is 105 Å². The first-order valence-corrected chi connectivity index (χ1v) is 5.70. The monoisotopic (exact) mass is 250 g/mol. The van der Waals surface area contributed by atoms with Crippen molar-refractivity contribution in [3.8, 4) is 6.07 Å². The van der Waals surface area contributed by atoms with Gasteiger partial charge in [0, 0.05) is 12.1 Å². The topological polar surface area (TPSA) is 64.3 Å². The average Bonchev–Trinajstić information content (AvgIpc) is 2.35. The van der Waals surface area contributed by atoms with Crippen LogP contribution >= 0.6 is 0 Å². The van der Waals surface area contributed by atoms with Gasteiger partial charge in [0.25, 0.3) is 0 Å². The number of rotatable bonds is 6. The van der Waals surface area contributed by atoms with E-state index in [2.05, 4.69) is 0 Å². The van der Waals surface area contributed by atoms with Crippen LogP contribution in [0, 0.1) is 17.1 Å². The molecule has 5 heteroatoms. The molecule has 96 valence electrons. The fraction of sp³-hybridized carbons (Fsp3) is 0.385. The van der Waals surface area contributed by atoms with Crippen molar-refractivity contribution < 1.29 is 14.3 Å². The Morgan fingerprint density at radius 3 is 2.72 bits per heavy atom. The highest BCUT2D eigenvalue weighted by Gasteiger charge is 2.21. The fourth-order valence-corrected chi connectivity index (χ4v) is 1.75. The predicted octanol–water partition coefficient (Wildman–Crippen LogP) is 2.19. The summed E-state index contributed by atoms with van der Waals surface area (Å²) in [5, 5.41) is 17.8. The van der Waals surface area contributed by atoms with Crippen molar-refractivity contribution in [1.29, 1.82) is 5.26 Å². The van der Waals surface area contributed by atoms with Gasteiger partial charge in [-0.3, -0.25) is 9.69 Å². The van der Waals surface area contributed by atoms with Crippen LogP contribution in [-0.2, 0) is 4.79 Å². The maximum Gasteiger partial charge on any atom is 0.304 e. The molecule has 0 saturated carbocycles. The van der Waals surface area contributed by atoms with Crippen LogP contribution in [0.3, 0.4) is 0 Å². The number of nitriles is 1. The molecule has 0 saturated heterocycles. The number of carboxylic acid groups (broad SMARTS) is 1. The van der Waals surface area contributed by atoms with E-state index in [0.29, 0.717) is 6.54 Å². The highest BCUT2D eigenvalue weighted by Crippen LogP contribution is 2.22. The summed E-state index contributed by atoms with van der Waals surface area (Å²) in [6, 6.07) is 7.33. The van der Waals surface area contributed by atoms with Crippen molar-refractivity contribution in [1.82, 2.24) is 4.90 Å². The summed E-state index contributed by atoms with van der Waals surface area (Å²) in [4.78, 5) is 12.2. The molecule has 1 unspecified atom stereocenters. The largest absolute Gasteiger partial charge is 0.481 e. The van der Waals surface area contributed by atoms with Gasteiger partial charge in [-0.15, -0.1) is 0 Å². The van der Waals surface area contributed by atoms with Gasteiger partial charge in [0.2, 0.25) is 0 Å². The summed E-state index contributed by atoms with van der Waals surface area (Å²) in [5.74, 6) is -1.38. The molecule has 1 aromatic rings. The van der Waals surface area contributed by atoms with Gasteiger partial charge in [-0.2, -0.15) is 5.26 Å². The number of benzene rings is 1. The standard InChI is InChI=1S/C13H15FN2O2/c1-2-16(8-7-13(17)18)12(9-15)10-5-3-4-6-11(10)14/h3-6,12H,2,7-8H2,1H3,(H,17,18). The molecular formula is C13H15FN2O2. The minimum absolute atomic E-state index is 0.0690. The number of carboxylic acids is 1. The number of hydrogen-bond acceptors (Lipinski definition) is 3. The second-order valence-corrected chi connectivity index (χ2v) is 3.83. The van der Waals surface area contributed by atoms with Crippen molar-refractivity contribution in [3.05, 3.63) is 35.6 Å². The van der Waals surface area contributed by atoms with Crippen LogP contribution in [0.5, 0.6) is 0 Å². The van der Waals surface area contributed by atoms with Crippen molar-refractivity contribution in [3.63, 3.8) is 0 Å². The first-order chi connectivity index (χ1) is 8.60. The number of carbonyl (C=O) groups is 1. The normalized spacial score (nSPS) is 12.1. The summed E-state index contributed by atoms with van der Waals surface area (Å²) in [6.07, 6.45) is -0.0690. The van der Waals surface area contributed by atoms with Gasteiger partial charge in [0.05, 0.1) is 12.5 Å². The highest BCUT2D eigenvalue weighted by atomic mass is 19.1. The molecule has 1 aromatic carbocycles. The Kier molecular flexibility index (Phi) is 5.28. The third-order valence-electron chi connectivity index (χ3n) is 2.71. The SMILES string of the molecule is CCN(CCC(=O)O)C(C#N)c1ccccc1F. The molecule has 0 fully saturated rings. The zero-order valence-corrected chi connectivity index (χ0v) is 10.1. The van der Waals surface area contributed by atoms with Crippen molar-refractivity contribution in [2.45, 2.75) is 19.4 Å². The summed E-state index contributed by atoms with van der Waals surface area (Å²) in [6.45, 7) is 2.52. The molecule has 0 aliphatic heterocycles. The summed E-state index contributed by atoms with van der Waals surface area (Å²) in [7, 11) is 0. The van der Waals surface area contributed by atoms with E-state index in [9.17, 15) is 9.18 Å². The minimum atomic E-state index is -0.932. The zero-order chi connectivity index (χ0) is 13.5. The van der Waals surface area contributed by atoms with Crippen molar-refractivity contribution in [2.75, 3.05) is 13.1 Å². The van der Waals surface area contributed by atoms with Gasteiger partial charge in [0.1, 0.15) is 11.9 Å². The number of nitrogens with zero attached hydrogens (tertiary/aromatic N) is 2. The molecule has 0 aliphatic rings. The molecule has 0 heterocycles. The van der Waals surface area contributed by atoms with Gasteiger partial charge in [-0.25, -0.2) is 4.39 Å². The third-order valence-corrected chi connectivity index (χ3v) is 2.71. The smallest absolute Gasteiger partial charge is 0.304 e. The van der Waals surface area contributed by atoms with E-state index in [-0.39, 0.29) is 18.5 Å². The minimum Gasteiger partial charge on any atom is -0.481 e. The number of hydrogen-bond donors (Lipinski definition) is 1. The van der Waals surface area contributed by atoms with Crippen LogP contribution in [0.4, 0.5) is 4.39 Å². The molecular weight excluding hydrogens is 235 g/mol. The highest BCUT2D eigenvalue weighted by molar-refractivity contribution is 5.66. The lowest BCUT2D eigenvalue weighted by atomic mass is 10.1. The molecule has 4 nitrogen and oxygen atoms in total. The Balaban J connectivity index is 2.91. The van der Waals surface area contributed by atoms with E-state index in [4.69, 9.17) is 10.4 Å². The van der Waals surface area contributed by atoms with Crippen LogP contribution in [0.1, 0.15) is 24.9 Å². The molecule has 1 N–H and O–H groups in total. The van der Waals surface area contributed by atoms with E-state index in [1.165, 1.54) is 6.07 Å². The van der Waals surface area contributed by atoms with E-state index in [0.717, 1.165) is 0 Å². The maximum absolute atomic E-state index is 13.6. The van der Waals surface area contributed by atoms with Crippen LogP contribution < -0.4 is 0 Å². The van der Waals surface area contributed by atoms with E-state index < -0.39 is 17.8 Å². The fourth-order valence-electron chi connectivity index (χ4n) is 1.75. The van der Waals surface area contributed by atoms with Gasteiger partial charge in [0.15, 0.2) is 0 Å². The van der Waals surface area contributed by atoms with Gasteiger partial charge < -0.3 is 5.11 Å². The third kappa shape index (κ3) is 3.54. The molecule has 0 bridgehead atoms. The van der Waals surface area contributed by atoms with Gasteiger partial charge >= 0.3 is 5.97 Å². The first kappa shape index (κ1) is 14.1. The van der Waals surface area contributed by atoms with Crippen LogP contribution in [0.25, 0.3) is 0 Å². The van der Waals surface area contributed by atoms with Crippen molar-refractivity contribution >= 4 is 5.97 Å². The molecule has 0 aliphatic carbocycles. The molecule has 0 spiro atoms. The molecule has 0 radical (unpaired) electrons. The van der Waals surface area contributed by atoms with E-state index >= 15 is 0 Å². The molecule has 1 atom stereocenters. The second-order valence-electron chi connectivity index (χ2n) is 3.83. The number of halogens is 1. The lowest BCUT2D eigenvalue weighted by molar-refractivity contribution is -0.137. The van der Waals surface area contributed by atoms with Crippen LogP contribution in [0.2, 0.25) is 0 Å².